The Morgan fingerprint density at radius 1 is 1.18 bits per heavy atom. The van der Waals surface area contributed by atoms with Crippen LogP contribution in [0.25, 0.3) is 0 Å². The molecule has 1 aromatic rings. The molecule has 6 atom stereocenters. The first-order valence-electron chi connectivity index (χ1n) is 12.2. The second-order valence-corrected chi connectivity index (χ2v) is 11.3. The number of rotatable bonds is 5. The lowest BCUT2D eigenvalue weighted by molar-refractivity contribution is -0.168. The van der Waals surface area contributed by atoms with Crippen molar-refractivity contribution in [3.8, 4) is 17.2 Å². The normalized spacial score (nSPS) is 34.5. The summed E-state index contributed by atoms with van der Waals surface area (Å²) >= 11 is 0. The molecular weight excluding hydrogens is 432 g/mol. The summed E-state index contributed by atoms with van der Waals surface area (Å²) in [5.74, 6) is -1.12. The van der Waals surface area contributed by atoms with Gasteiger partial charge in [-0.1, -0.05) is 39.5 Å². The van der Waals surface area contributed by atoms with Crippen LogP contribution in [0.2, 0.25) is 0 Å². The number of aromatic hydroxyl groups is 2. The van der Waals surface area contributed by atoms with Crippen molar-refractivity contribution in [1.29, 1.82) is 0 Å². The summed E-state index contributed by atoms with van der Waals surface area (Å²) in [6, 6.07) is 0. The Morgan fingerprint density at radius 3 is 2.38 bits per heavy atom. The molecular formula is C28H36O6. The highest BCUT2D eigenvalue weighted by atomic mass is 16.5. The van der Waals surface area contributed by atoms with Crippen LogP contribution in [-0.4, -0.2) is 39.6 Å². The Kier molecular flexibility index (Phi) is 5.96. The van der Waals surface area contributed by atoms with E-state index >= 15 is 0 Å². The topological polar surface area (TPSA) is 104 Å². The second-order valence-electron chi connectivity index (χ2n) is 11.3. The van der Waals surface area contributed by atoms with E-state index in [0.29, 0.717) is 43.8 Å². The molecule has 6 heteroatoms. The molecule has 2 aliphatic carbocycles. The number of benzene rings is 1. The molecule has 0 aromatic heterocycles. The molecule has 3 aliphatic rings. The molecule has 1 heterocycles. The van der Waals surface area contributed by atoms with E-state index in [-0.39, 0.29) is 46.3 Å². The highest BCUT2D eigenvalue weighted by Gasteiger charge is 2.64. The van der Waals surface area contributed by atoms with Gasteiger partial charge < -0.3 is 20.1 Å². The maximum Gasteiger partial charge on any atom is 0.157 e. The number of hydrogen-bond acceptors (Lipinski definition) is 6. The Bertz CT molecular complexity index is 1070. The number of ether oxygens (including phenoxy) is 1. The van der Waals surface area contributed by atoms with Gasteiger partial charge in [-0.3, -0.25) is 9.59 Å². The quantitative estimate of drug-likeness (QED) is 0.400. The third kappa shape index (κ3) is 3.25. The molecule has 3 N–H and O–H groups in total. The molecule has 0 radical (unpaired) electrons. The van der Waals surface area contributed by atoms with Crippen LogP contribution in [0.3, 0.4) is 0 Å². The van der Waals surface area contributed by atoms with Gasteiger partial charge in [0.15, 0.2) is 12.6 Å². The number of carbonyl (C=O) groups is 2. The summed E-state index contributed by atoms with van der Waals surface area (Å²) in [6.45, 7) is 16.7. The van der Waals surface area contributed by atoms with E-state index in [1.54, 1.807) is 0 Å². The first kappa shape index (κ1) is 24.5. The number of aliphatic hydroxyl groups is 1. The Morgan fingerprint density at radius 2 is 1.82 bits per heavy atom. The Balaban J connectivity index is 2.02. The van der Waals surface area contributed by atoms with Crippen LogP contribution in [0, 0.1) is 23.2 Å². The third-order valence-electron chi connectivity index (χ3n) is 8.85. The zero-order valence-corrected chi connectivity index (χ0v) is 20.6. The van der Waals surface area contributed by atoms with Gasteiger partial charge in [0.05, 0.1) is 16.7 Å². The van der Waals surface area contributed by atoms with Crippen LogP contribution < -0.4 is 4.74 Å². The molecule has 4 rings (SSSR count). The summed E-state index contributed by atoms with van der Waals surface area (Å²) in [5, 5.41) is 33.7. The summed E-state index contributed by atoms with van der Waals surface area (Å²) in [6.07, 6.45) is 3.69. The van der Waals surface area contributed by atoms with Crippen molar-refractivity contribution in [2.45, 2.75) is 77.4 Å². The van der Waals surface area contributed by atoms with Crippen LogP contribution >= 0.6 is 0 Å². The largest absolute Gasteiger partial charge is 0.507 e. The molecule has 34 heavy (non-hydrogen) atoms. The minimum absolute atomic E-state index is 0.00232. The predicted molar refractivity (Wildman–Crippen MR) is 130 cm³/mol. The fourth-order valence-corrected chi connectivity index (χ4v) is 6.99. The van der Waals surface area contributed by atoms with E-state index in [0.717, 1.165) is 17.6 Å². The van der Waals surface area contributed by atoms with Gasteiger partial charge in [0.2, 0.25) is 0 Å². The first-order chi connectivity index (χ1) is 15.9. The fraction of sp³-hybridized carbons (Fsp3) is 0.571. The van der Waals surface area contributed by atoms with E-state index < -0.39 is 22.9 Å². The van der Waals surface area contributed by atoms with Crippen molar-refractivity contribution >= 4 is 12.6 Å². The smallest absolute Gasteiger partial charge is 0.157 e. The van der Waals surface area contributed by atoms with Crippen LogP contribution in [0.5, 0.6) is 17.2 Å². The van der Waals surface area contributed by atoms with Crippen molar-refractivity contribution in [2.24, 2.45) is 23.2 Å². The minimum Gasteiger partial charge on any atom is -0.507 e. The molecule has 0 bridgehead atoms. The molecule has 6 nitrogen and oxygen atoms in total. The average molecular weight is 469 g/mol. The number of hydrogen-bond donors (Lipinski definition) is 3. The fourth-order valence-electron chi connectivity index (χ4n) is 6.99. The van der Waals surface area contributed by atoms with Gasteiger partial charge in [-0.2, -0.15) is 0 Å². The SMILES string of the molecule is C=C(C)[C@@H]1CCC(=C)[C@]2(O)CC[C@]3(C)[C@H](CC(C)C)c4c(O)c(C=O)c(O)c(C=O)c4O[C@H]3[C@H]12. The Hall–Kier alpha value is -2.60. The monoisotopic (exact) mass is 468 g/mol. The van der Waals surface area contributed by atoms with Gasteiger partial charge in [0.1, 0.15) is 23.4 Å². The lowest BCUT2D eigenvalue weighted by atomic mass is 9.48. The van der Waals surface area contributed by atoms with Crippen molar-refractivity contribution in [1.82, 2.24) is 0 Å². The van der Waals surface area contributed by atoms with E-state index in [2.05, 4.69) is 33.9 Å². The zero-order valence-electron chi connectivity index (χ0n) is 20.6. The highest BCUT2D eigenvalue weighted by molar-refractivity contribution is 5.95. The van der Waals surface area contributed by atoms with Gasteiger partial charge in [0, 0.05) is 22.8 Å². The second kappa shape index (κ2) is 8.26. The maximum absolute atomic E-state index is 12.1. The van der Waals surface area contributed by atoms with E-state index in [9.17, 15) is 24.9 Å². The summed E-state index contributed by atoms with van der Waals surface area (Å²) in [5.41, 5.74) is 0.118. The first-order valence-corrected chi connectivity index (χ1v) is 12.2. The van der Waals surface area contributed by atoms with Crippen LogP contribution in [0.1, 0.15) is 92.0 Å². The highest BCUT2D eigenvalue weighted by Crippen LogP contribution is 2.65. The molecule has 184 valence electrons. The summed E-state index contributed by atoms with van der Waals surface area (Å²) in [4.78, 5) is 23.9. The molecule has 0 amide bonds. The van der Waals surface area contributed by atoms with Crippen molar-refractivity contribution in [2.75, 3.05) is 0 Å². The predicted octanol–water partition coefficient (Wildman–Crippen LogP) is 5.30. The molecule has 0 unspecified atom stereocenters. The standard InChI is InChI=1S/C28H36O6/c1-14(2)11-20-21-24(32)18(12-29)23(31)19(13-30)25(21)34-26-22-17(15(3)4)8-7-16(5)28(22,33)10-9-27(20,26)6/h12-14,17,20,22,26,31-33H,3,5,7-11H2,1-2,4,6H3/t17-,20+,22-,26-,27+,28+/m0/s1. The third-order valence-corrected chi connectivity index (χ3v) is 8.85. The molecule has 1 aliphatic heterocycles. The van der Waals surface area contributed by atoms with Crippen molar-refractivity contribution in [3.63, 3.8) is 0 Å². The zero-order chi connectivity index (χ0) is 25.2. The summed E-state index contributed by atoms with van der Waals surface area (Å²) < 4.78 is 6.59. The van der Waals surface area contributed by atoms with Gasteiger partial charge in [0.25, 0.3) is 0 Å². The van der Waals surface area contributed by atoms with Crippen molar-refractivity contribution in [3.05, 3.63) is 41.0 Å². The molecule has 0 saturated heterocycles. The lowest BCUT2D eigenvalue weighted by Crippen LogP contribution is -2.64. The summed E-state index contributed by atoms with van der Waals surface area (Å²) in [7, 11) is 0. The molecule has 2 fully saturated rings. The molecule has 1 aromatic carbocycles. The van der Waals surface area contributed by atoms with Crippen molar-refractivity contribution < 1.29 is 29.6 Å². The number of carbonyl (C=O) groups excluding carboxylic acids is 2. The van der Waals surface area contributed by atoms with Gasteiger partial charge in [-0.15, -0.1) is 0 Å². The number of fused-ring (bicyclic) bond motifs is 4. The van der Waals surface area contributed by atoms with Gasteiger partial charge in [-0.25, -0.2) is 0 Å². The lowest BCUT2D eigenvalue weighted by Gasteiger charge is -2.62. The van der Waals surface area contributed by atoms with Gasteiger partial charge >= 0.3 is 0 Å². The number of allylic oxidation sites excluding steroid dienone is 1. The number of phenols is 2. The molecule has 2 saturated carbocycles. The van der Waals surface area contributed by atoms with E-state index in [1.807, 2.05) is 6.92 Å². The van der Waals surface area contributed by atoms with Gasteiger partial charge in [-0.05, 0) is 56.4 Å². The number of phenolic OH excluding ortho intramolecular Hbond substituents is 2. The minimum atomic E-state index is -1.12. The van der Waals surface area contributed by atoms with E-state index in [1.165, 1.54) is 0 Å². The Labute approximate surface area is 201 Å². The maximum atomic E-state index is 12.1. The van der Waals surface area contributed by atoms with E-state index in [4.69, 9.17) is 4.74 Å². The van der Waals surface area contributed by atoms with Crippen LogP contribution in [0.15, 0.2) is 24.3 Å². The van der Waals surface area contributed by atoms with Crippen LogP contribution in [0.4, 0.5) is 0 Å². The molecule has 0 spiro atoms. The average Bonchev–Trinajstić information content (AvgIpc) is 2.76. The number of aldehydes is 2. The van der Waals surface area contributed by atoms with Crippen LogP contribution in [-0.2, 0) is 0 Å².